The molecule has 1 amide bonds. The lowest BCUT2D eigenvalue weighted by Gasteiger charge is -2.31. The van der Waals surface area contributed by atoms with E-state index < -0.39 is 6.09 Å². The summed E-state index contributed by atoms with van der Waals surface area (Å²) >= 11 is 0. The molecule has 0 saturated heterocycles. The van der Waals surface area contributed by atoms with Gasteiger partial charge in [0.2, 0.25) is 0 Å². The van der Waals surface area contributed by atoms with Crippen LogP contribution < -0.4 is 10.6 Å². The zero-order valence-electron chi connectivity index (χ0n) is 8.53. The maximum atomic E-state index is 10.7. The van der Waals surface area contributed by atoms with Crippen molar-refractivity contribution in [3.05, 3.63) is 29.8 Å². The van der Waals surface area contributed by atoms with Crippen molar-refractivity contribution in [2.45, 2.75) is 25.4 Å². The number of amides is 1. The third kappa shape index (κ3) is 2.03. The van der Waals surface area contributed by atoms with Gasteiger partial charge < -0.3 is 15.7 Å². The van der Waals surface area contributed by atoms with Crippen LogP contribution in [0.1, 0.15) is 24.9 Å². The van der Waals surface area contributed by atoms with E-state index >= 15 is 0 Å². The summed E-state index contributed by atoms with van der Waals surface area (Å²) in [5, 5.41) is 14.6. The number of para-hydroxylation sites is 1. The molecule has 1 aliphatic rings. The second-order valence-electron chi connectivity index (χ2n) is 3.87. The van der Waals surface area contributed by atoms with Crippen molar-refractivity contribution < 1.29 is 9.90 Å². The van der Waals surface area contributed by atoms with Gasteiger partial charge in [0, 0.05) is 11.7 Å². The molecule has 0 radical (unpaired) electrons. The molecule has 2 rings (SSSR count). The van der Waals surface area contributed by atoms with Crippen molar-refractivity contribution >= 4 is 11.8 Å². The molecule has 0 bridgehead atoms. The highest BCUT2D eigenvalue weighted by atomic mass is 16.4. The molecule has 0 saturated carbocycles. The first kappa shape index (κ1) is 9.83. The van der Waals surface area contributed by atoms with Crippen LogP contribution in [0.15, 0.2) is 24.3 Å². The maximum absolute atomic E-state index is 10.7. The van der Waals surface area contributed by atoms with Gasteiger partial charge >= 0.3 is 6.09 Å². The molecular formula is C11H14N2O2. The van der Waals surface area contributed by atoms with Crippen molar-refractivity contribution in [3.8, 4) is 0 Å². The van der Waals surface area contributed by atoms with E-state index in [2.05, 4.69) is 10.6 Å². The molecule has 80 valence electrons. The van der Waals surface area contributed by atoms with Crippen molar-refractivity contribution in [1.82, 2.24) is 5.32 Å². The molecular weight excluding hydrogens is 192 g/mol. The fourth-order valence-corrected chi connectivity index (χ4v) is 2.02. The number of fused-ring (bicyclic) bond motifs is 1. The third-order valence-electron chi connectivity index (χ3n) is 2.63. The van der Waals surface area contributed by atoms with Crippen molar-refractivity contribution in [3.63, 3.8) is 0 Å². The predicted molar refractivity (Wildman–Crippen MR) is 58.0 cm³/mol. The Morgan fingerprint density at radius 3 is 3.00 bits per heavy atom. The summed E-state index contributed by atoms with van der Waals surface area (Å²) in [4.78, 5) is 10.7. The lowest BCUT2D eigenvalue weighted by molar-refractivity contribution is 0.188. The van der Waals surface area contributed by atoms with Crippen LogP contribution in [0, 0.1) is 0 Å². The van der Waals surface area contributed by atoms with Gasteiger partial charge in [-0.25, -0.2) is 4.79 Å². The molecule has 0 aromatic heterocycles. The Morgan fingerprint density at radius 2 is 2.27 bits per heavy atom. The van der Waals surface area contributed by atoms with Gasteiger partial charge in [0.1, 0.15) is 0 Å². The van der Waals surface area contributed by atoms with Gasteiger partial charge in [0.25, 0.3) is 0 Å². The van der Waals surface area contributed by atoms with E-state index in [0.717, 1.165) is 17.7 Å². The highest BCUT2D eigenvalue weighted by Gasteiger charge is 2.24. The zero-order valence-corrected chi connectivity index (χ0v) is 8.53. The number of rotatable bonds is 1. The summed E-state index contributed by atoms with van der Waals surface area (Å²) in [6.45, 7) is 2.05. The van der Waals surface area contributed by atoms with Crippen molar-refractivity contribution in [2.24, 2.45) is 0 Å². The van der Waals surface area contributed by atoms with Crippen molar-refractivity contribution in [1.29, 1.82) is 0 Å². The van der Waals surface area contributed by atoms with Crippen LogP contribution in [0.5, 0.6) is 0 Å². The number of hydrogen-bond acceptors (Lipinski definition) is 2. The fourth-order valence-electron chi connectivity index (χ4n) is 2.02. The molecule has 1 aliphatic heterocycles. The summed E-state index contributed by atoms with van der Waals surface area (Å²) in [6.07, 6.45) is -0.188. The number of hydrogen-bond donors (Lipinski definition) is 3. The van der Waals surface area contributed by atoms with E-state index in [1.165, 1.54) is 0 Å². The van der Waals surface area contributed by atoms with Crippen LogP contribution in [-0.2, 0) is 0 Å². The molecule has 1 aromatic carbocycles. The molecule has 2 unspecified atom stereocenters. The van der Waals surface area contributed by atoms with Crippen LogP contribution in [0.4, 0.5) is 10.5 Å². The monoisotopic (exact) mass is 206 g/mol. The quantitative estimate of drug-likeness (QED) is 0.660. The van der Waals surface area contributed by atoms with Gasteiger partial charge in [-0.15, -0.1) is 0 Å². The average Bonchev–Trinajstić information content (AvgIpc) is 2.16. The highest BCUT2D eigenvalue weighted by molar-refractivity contribution is 5.67. The van der Waals surface area contributed by atoms with E-state index in [0.29, 0.717) is 0 Å². The first-order valence-electron chi connectivity index (χ1n) is 5.01. The second-order valence-corrected chi connectivity index (χ2v) is 3.87. The summed E-state index contributed by atoms with van der Waals surface area (Å²) < 4.78 is 0. The summed E-state index contributed by atoms with van der Waals surface area (Å²) in [6, 6.07) is 7.98. The Hall–Kier alpha value is -1.71. The minimum atomic E-state index is -0.969. The molecule has 0 aliphatic carbocycles. The van der Waals surface area contributed by atoms with Crippen LogP contribution in [0.25, 0.3) is 0 Å². The molecule has 2 atom stereocenters. The lowest BCUT2D eigenvalue weighted by atomic mass is 9.94. The second kappa shape index (κ2) is 3.81. The average molecular weight is 206 g/mol. The summed E-state index contributed by atoms with van der Waals surface area (Å²) in [7, 11) is 0. The SMILES string of the molecule is CC1CC(NC(=O)O)c2ccccc2N1. The number of benzene rings is 1. The van der Waals surface area contributed by atoms with E-state index in [-0.39, 0.29) is 12.1 Å². The summed E-state index contributed by atoms with van der Waals surface area (Å²) in [5.74, 6) is 0. The minimum Gasteiger partial charge on any atom is -0.465 e. The van der Waals surface area contributed by atoms with Crippen LogP contribution >= 0.6 is 0 Å². The fraction of sp³-hybridized carbons (Fsp3) is 0.364. The Morgan fingerprint density at radius 1 is 1.53 bits per heavy atom. The number of anilines is 1. The number of nitrogens with one attached hydrogen (secondary N) is 2. The minimum absolute atomic E-state index is 0.102. The molecule has 0 fully saturated rings. The van der Waals surface area contributed by atoms with Gasteiger partial charge in [-0.2, -0.15) is 0 Å². The first-order valence-corrected chi connectivity index (χ1v) is 5.01. The normalized spacial score (nSPS) is 23.8. The highest BCUT2D eigenvalue weighted by Crippen LogP contribution is 2.31. The van der Waals surface area contributed by atoms with Crippen molar-refractivity contribution in [2.75, 3.05) is 5.32 Å². The topological polar surface area (TPSA) is 61.4 Å². The molecule has 1 aromatic rings. The molecule has 1 heterocycles. The van der Waals surface area contributed by atoms with Crippen LogP contribution in [0.2, 0.25) is 0 Å². The Bertz CT molecular complexity index is 379. The van der Waals surface area contributed by atoms with Crippen LogP contribution in [0.3, 0.4) is 0 Å². The third-order valence-corrected chi connectivity index (χ3v) is 2.63. The van der Waals surface area contributed by atoms with E-state index in [1.807, 2.05) is 31.2 Å². The smallest absolute Gasteiger partial charge is 0.405 e. The largest absolute Gasteiger partial charge is 0.465 e. The lowest BCUT2D eigenvalue weighted by Crippen LogP contribution is -2.35. The van der Waals surface area contributed by atoms with E-state index in [4.69, 9.17) is 5.11 Å². The van der Waals surface area contributed by atoms with Gasteiger partial charge in [-0.3, -0.25) is 0 Å². The van der Waals surface area contributed by atoms with E-state index in [9.17, 15) is 4.79 Å². The zero-order chi connectivity index (χ0) is 10.8. The predicted octanol–water partition coefficient (Wildman–Crippen LogP) is 2.20. The van der Waals surface area contributed by atoms with E-state index in [1.54, 1.807) is 0 Å². The van der Waals surface area contributed by atoms with Crippen LogP contribution in [-0.4, -0.2) is 17.2 Å². The Kier molecular flexibility index (Phi) is 2.49. The molecule has 15 heavy (non-hydrogen) atoms. The van der Waals surface area contributed by atoms with Gasteiger partial charge in [0.05, 0.1) is 6.04 Å². The molecule has 0 spiro atoms. The summed E-state index contributed by atoms with van der Waals surface area (Å²) in [5.41, 5.74) is 2.05. The Balaban J connectivity index is 2.29. The van der Waals surface area contributed by atoms with Gasteiger partial charge in [-0.1, -0.05) is 18.2 Å². The molecule has 3 N–H and O–H groups in total. The maximum Gasteiger partial charge on any atom is 0.405 e. The molecule has 4 nitrogen and oxygen atoms in total. The first-order chi connectivity index (χ1) is 7.16. The Labute approximate surface area is 88.3 Å². The van der Waals surface area contributed by atoms with Gasteiger partial charge in [-0.05, 0) is 25.0 Å². The number of carbonyl (C=O) groups is 1. The standard InChI is InChI=1S/C11H14N2O2/c1-7-6-10(13-11(14)15)8-4-2-3-5-9(8)12-7/h2-5,7,10,12-13H,6H2,1H3,(H,14,15). The molecule has 4 heteroatoms. The number of carboxylic acid groups (broad SMARTS) is 1. The van der Waals surface area contributed by atoms with Gasteiger partial charge in [0.15, 0.2) is 0 Å².